The molecule has 3 fully saturated rings. The maximum Gasteiger partial charge on any atom is 0.223 e. The van der Waals surface area contributed by atoms with E-state index in [-0.39, 0.29) is 5.41 Å². The van der Waals surface area contributed by atoms with E-state index in [0.717, 1.165) is 39.0 Å². The summed E-state index contributed by atoms with van der Waals surface area (Å²) >= 11 is 1.85. The van der Waals surface area contributed by atoms with Gasteiger partial charge in [0.15, 0.2) is 5.13 Å². The first-order chi connectivity index (χ1) is 12.6. The van der Waals surface area contributed by atoms with Gasteiger partial charge in [-0.2, -0.15) is 0 Å². The summed E-state index contributed by atoms with van der Waals surface area (Å²) in [6, 6.07) is 1.22. The van der Waals surface area contributed by atoms with Gasteiger partial charge >= 0.3 is 0 Å². The van der Waals surface area contributed by atoms with Gasteiger partial charge in [0.25, 0.3) is 0 Å². The largest absolute Gasteiger partial charge is 0.340 e. The fraction of sp³-hybridized carbons (Fsp3) is 0.800. The number of nitrogens with one attached hydrogen (secondary N) is 1. The normalized spacial score (nSPS) is 29.9. The van der Waals surface area contributed by atoms with E-state index in [1.807, 2.05) is 11.3 Å². The van der Waals surface area contributed by atoms with Gasteiger partial charge in [0.05, 0.1) is 12.2 Å². The van der Waals surface area contributed by atoms with Gasteiger partial charge in [-0.25, -0.2) is 4.98 Å². The average Bonchev–Trinajstić information content (AvgIpc) is 3.30. The number of anilines is 1. The second-order valence-corrected chi connectivity index (χ2v) is 10.1. The third-order valence-corrected chi connectivity index (χ3v) is 8.16. The minimum absolute atomic E-state index is 0.246. The Labute approximate surface area is 160 Å². The van der Waals surface area contributed by atoms with Crippen LogP contribution in [0.4, 0.5) is 5.13 Å². The molecule has 2 saturated heterocycles. The lowest BCUT2D eigenvalue weighted by atomic mass is 9.84. The molecule has 6 heteroatoms. The van der Waals surface area contributed by atoms with E-state index in [0.29, 0.717) is 18.0 Å². The van der Waals surface area contributed by atoms with Crippen molar-refractivity contribution in [1.29, 1.82) is 0 Å². The highest BCUT2D eigenvalue weighted by atomic mass is 32.1. The highest BCUT2D eigenvalue weighted by Gasteiger charge is 2.39. The van der Waals surface area contributed by atoms with Crippen LogP contribution >= 0.6 is 11.3 Å². The second-order valence-electron chi connectivity index (χ2n) is 9.08. The molecular weight excluding hydrogens is 344 g/mol. The van der Waals surface area contributed by atoms with E-state index >= 15 is 0 Å². The molecule has 4 aliphatic rings. The van der Waals surface area contributed by atoms with Crippen LogP contribution < -0.4 is 10.2 Å². The Morgan fingerprint density at radius 1 is 1.27 bits per heavy atom. The van der Waals surface area contributed by atoms with Crippen molar-refractivity contribution >= 4 is 22.4 Å². The Morgan fingerprint density at radius 2 is 2.00 bits per heavy atom. The Morgan fingerprint density at radius 3 is 2.73 bits per heavy atom. The van der Waals surface area contributed by atoms with Crippen molar-refractivity contribution in [2.45, 2.75) is 76.9 Å². The zero-order valence-corrected chi connectivity index (χ0v) is 16.6. The van der Waals surface area contributed by atoms with Crippen LogP contribution in [0.1, 0.15) is 62.4 Å². The van der Waals surface area contributed by atoms with Gasteiger partial charge in [0, 0.05) is 49.4 Å². The maximum absolute atomic E-state index is 12.9. The highest BCUT2D eigenvalue weighted by molar-refractivity contribution is 7.15. The smallest absolute Gasteiger partial charge is 0.223 e. The number of carbonyl (C=O) groups is 1. The SMILES string of the molecule is CC1(CC(=O)N2CCc3nc(N4C5CCC4CNC5)sc3C2)CCCC1. The summed E-state index contributed by atoms with van der Waals surface area (Å²) in [5.74, 6) is 0.359. The van der Waals surface area contributed by atoms with Gasteiger partial charge in [-0.1, -0.05) is 31.1 Å². The van der Waals surface area contributed by atoms with Crippen molar-refractivity contribution in [3.8, 4) is 0 Å². The number of nitrogens with zero attached hydrogens (tertiary/aromatic N) is 3. The molecule has 0 aromatic carbocycles. The van der Waals surface area contributed by atoms with Crippen molar-refractivity contribution in [1.82, 2.24) is 15.2 Å². The molecule has 5 rings (SSSR count). The second kappa shape index (κ2) is 6.48. The summed E-state index contributed by atoms with van der Waals surface area (Å²) in [7, 11) is 0. The van der Waals surface area contributed by atoms with Crippen molar-refractivity contribution in [3.63, 3.8) is 0 Å². The Balaban J connectivity index is 1.29. The number of hydrogen-bond acceptors (Lipinski definition) is 5. The molecule has 142 valence electrons. The predicted molar refractivity (Wildman–Crippen MR) is 105 cm³/mol. The molecule has 3 aliphatic heterocycles. The first-order valence-corrected chi connectivity index (χ1v) is 11.2. The molecule has 26 heavy (non-hydrogen) atoms. The van der Waals surface area contributed by atoms with Crippen LogP contribution in [0.15, 0.2) is 0 Å². The first-order valence-electron chi connectivity index (χ1n) is 10.4. The standard InChI is InChI=1S/C20H30N4OS/c1-20(7-2-3-8-20)10-18(25)23-9-6-16-17(13-23)26-19(22-16)24-14-4-5-15(24)12-21-11-14/h14-15,21H,2-13H2,1H3. The number of aromatic nitrogens is 1. The molecule has 2 unspecified atom stereocenters. The molecule has 0 spiro atoms. The lowest BCUT2D eigenvalue weighted by Gasteiger charge is -2.35. The average molecular weight is 375 g/mol. The van der Waals surface area contributed by atoms with Crippen LogP contribution in [-0.4, -0.2) is 47.5 Å². The van der Waals surface area contributed by atoms with Gasteiger partial charge in [-0.3, -0.25) is 4.79 Å². The van der Waals surface area contributed by atoms with E-state index in [1.54, 1.807) is 0 Å². The van der Waals surface area contributed by atoms with Gasteiger partial charge in [0.1, 0.15) is 0 Å². The molecule has 2 bridgehead atoms. The van der Waals surface area contributed by atoms with Gasteiger partial charge in [0.2, 0.25) is 5.91 Å². The minimum Gasteiger partial charge on any atom is -0.340 e. The van der Waals surface area contributed by atoms with Crippen LogP contribution in [0.2, 0.25) is 0 Å². The highest BCUT2D eigenvalue weighted by Crippen LogP contribution is 2.42. The number of thiazole rings is 1. The summed E-state index contributed by atoms with van der Waals surface area (Å²) < 4.78 is 0. The minimum atomic E-state index is 0.246. The lowest BCUT2D eigenvalue weighted by molar-refractivity contribution is -0.134. The molecule has 1 saturated carbocycles. The monoisotopic (exact) mass is 374 g/mol. The maximum atomic E-state index is 12.9. The third kappa shape index (κ3) is 2.95. The van der Waals surface area contributed by atoms with E-state index in [1.165, 1.54) is 54.2 Å². The third-order valence-electron chi connectivity index (χ3n) is 7.06. The van der Waals surface area contributed by atoms with Crippen molar-refractivity contribution in [2.75, 3.05) is 24.5 Å². The quantitative estimate of drug-likeness (QED) is 0.884. The van der Waals surface area contributed by atoms with Crippen LogP contribution in [0, 0.1) is 5.41 Å². The van der Waals surface area contributed by atoms with E-state index in [2.05, 4.69) is 22.0 Å². The number of fused-ring (bicyclic) bond motifs is 3. The van der Waals surface area contributed by atoms with E-state index in [9.17, 15) is 4.79 Å². The Bertz CT molecular complexity index is 680. The molecule has 5 nitrogen and oxygen atoms in total. The molecule has 0 radical (unpaired) electrons. The molecule has 1 amide bonds. The van der Waals surface area contributed by atoms with Gasteiger partial charge in [-0.15, -0.1) is 0 Å². The van der Waals surface area contributed by atoms with Crippen LogP contribution in [-0.2, 0) is 17.8 Å². The van der Waals surface area contributed by atoms with Crippen LogP contribution in [0.25, 0.3) is 0 Å². The summed E-state index contributed by atoms with van der Waals surface area (Å²) in [5.41, 5.74) is 1.50. The summed E-state index contributed by atoms with van der Waals surface area (Å²) in [4.78, 5) is 23.9. The molecule has 4 heterocycles. The zero-order chi connectivity index (χ0) is 17.7. The zero-order valence-electron chi connectivity index (χ0n) is 15.8. The first kappa shape index (κ1) is 17.0. The fourth-order valence-electron chi connectivity index (χ4n) is 5.48. The lowest BCUT2D eigenvalue weighted by Crippen LogP contribution is -2.51. The topological polar surface area (TPSA) is 48.5 Å². The number of piperazine rings is 1. The Hall–Kier alpha value is -1.14. The molecular formula is C20H30N4OS. The van der Waals surface area contributed by atoms with Crippen molar-refractivity contribution in [2.24, 2.45) is 5.41 Å². The van der Waals surface area contributed by atoms with E-state index < -0.39 is 0 Å². The fourth-order valence-corrected chi connectivity index (χ4v) is 6.74. The molecule has 2 atom stereocenters. The summed E-state index contributed by atoms with van der Waals surface area (Å²) in [5, 5.41) is 4.76. The molecule has 1 aromatic rings. The molecule has 1 N–H and O–H groups in total. The van der Waals surface area contributed by atoms with Crippen molar-refractivity contribution < 1.29 is 4.79 Å². The van der Waals surface area contributed by atoms with Crippen LogP contribution in [0.3, 0.4) is 0 Å². The number of carbonyl (C=O) groups excluding carboxylic acids is 1. The number of hydrogen-bond donors (Lipinski definition) is 1. The molecule has 1 aromatic heterocycles. The van der Waals surface area contributed by atoms with Crippen molar-refractivity contribution in [3.05, 3.63) is 10.6 Å². The molecule has 1 aliphatic carbocycles. The number of amides is 1. The summed E-state index contributed by atoms with van der Waals surface area (Å²) in [6.45, 7) is 6.11. The Kier molecular flexibility index (Phi) is 4.24. The van der Waals surface area contributed by atoms with Gasteiger partial charge < -0.3 is 15.1 Å². The predicted octanol–water partition coefficient (Wildman–Crippen LogP) is 2.94. The van der Waals surface area contributed by atoms with Crippen LogP contribution in [0.5, 0.6) is 0 Å². The number of rotatable bonds is 3. The van der Waals surface area contributed by atoms with Gasteiger partial charge in [-0.05, 0) is 31.1 Å². The summed E-state index contributed by atoms with van der Waals surface area (Å²) in [6.07, 6.45) is 9.24. The van der Waals surface area contributed by atoms with E-state index in [4.69, 9.17) is 4.98 Å².